The monoisotopic (exact) mass is 589 g/mol. The standard InChI is InChI=1S/C37H35NO6/c1-5-43-35(40)32-20-19-30(44-32)23-38(34(39)33-24(2)13-16-27-9-6-7-12-31(27)33)22-25-14-17-26(18-15-25)28-10-8-11-29(21-28)37(3,4)36(41)42/h6-21H,5,22-23H2,1-4H3,(H,41,42). The number of benzene rings is 4. The van der Waals surface area contributed by atoms with Crippen LogP contribution in [0.2, 0.25) is 0 Å². The van der Waals surface area contributed by atoms with Crippen LogP contribution in [0.15, 0.2) is 101 Å². The first-order chi connectivity index (χ1) is 21.1. The van der Waals surface area contributed by atoms with Gasteiger partial charge in [0.1, 0.15) is 5.76 Å². The van der Waals surface area contributed by atoms with Crippen molar-refractivity contribution in [3.63, 3.8) is 0 Å². The lowest BCUT2D eigenvalue weighted by atomic mass is 9.83. The van der Waals surface area contributed by atoms with Crippen LogP contribution in [0.25, 0.3) is 21.9 Å². The highest BCUT2D eigenvalue weighted by molar-refractivity contribution is 6.08. The van der Waals surface area contributed by atoms with Crippen molar-refractivity contribution in [2.75, 3.05) is 6.61 Å². The summed E-state index contributed by atoms with van der Waals surface area (Å²) in [5.74, 6) is -1.03. The topological polar surface area (TPSA) is 97.0 Å². The Labute approximate surface area is 256 Å². The second-order valence-electron chi connectivity index (χ2n) is 11.3. The molecule has 4 aromatic carbocycles. The molecule has 224 valence electrons. The molecule has 0 spiro atoms. The van der Waals surface area contributed by atoms with Gasteiger partial charge in [-0.25, -0.2) is 4.79 Å². The molecule has 1 aromatic heterocycles. The summed E-state index contributed by atoms with van der Waals surface area (Å²) in [4.78, 5) is 40.0. The normalized spacial score (nSPS) is 11.4. The number of rotatable bonds is 10. The number of hydrogen-bond acceptors (Lipinski definition) is 5. The van der Waals surface area contributed by atoms with Gasteiger partial charge in [-0.3, -0.25) is 9.59 Å². The Morgan fingerprint density at radius 2 is 1.59 bits per heavy atom. The van der Waals surface area contributed by atoms with Gasteiger partial charge in [0.05, 0.1) is 24.1 Å². The zero-order chi connectivity index (χ0) is 31.4. The van der Waals surface area contributed by atoms with Crippen molar-refractivity contribution in [3.8, 4) is 11.1 Å². The Morgan fingerprint density at radius 1 is 0.841 bits per heavy atom. The first-order valence-corrected chi connectivity index (χ1v) is 14.5. The lowest BCUT2D eigenvalue weighted by Gasteiger charge is -2.24. The van der Waals surface area contributed by atoms with Crippen LogP contribution in [0.1, 0.15) is 64.1 Å². The van der Waals surface area contributed by atoms with Crippen molar-refractivity contribution in [1.29, 1.82) is 0 Å². The van der Waals surface area contributed by atoms with Crippen molar-refractivity contribution >= 4 is 28.6 Å². The van der Waals surface area contributed by atoms with E-state index in [2.05, 4.69) is 0 Å². The summed E-state index contributed by atoms with van der Waals surface area (Å²) in [6.07, 6.45) is 0. The van der Waals surface area contributed by atoms with Gasteiger partial charge < -0.3 is 19.2 Å². The van der Waals surface area contributed by atoms with E-state index in [0.717, 1.165) is 38.6 Å². The number of hydrogen-bond donors (Lipinski definition) is 1. The molecule has 0 aliphatic carbocycles. The molecule has 5 aromatic rings. The molecule has 44 heavy (non-hydrogen) atoms. The fraction of sp³-hybridized carbons (Fsp3) is 0.216. The zero-order valence-corrected chi connectivity index (χ0v) is 25.3. The number of aliphatic carboxylic acids is 1. The highest BCUT2D eigenvalue weighted by Crippen LogP contribution is 2.30. The minimum absolute atomic E-state index is 0.0910. The van der Waals surface area contributed by atoms with Crippen molar-refractivity contribution in [2.45, 2.75) is 46.2 Å². The van der Waals surface area contributed by atoms with E-state index < -0.39 is 17.4 Å². The SMILES string of the molecule is CCOC(=O)c1ccc(CN(Cc2ccc(-c3cccc(C(C)(C)C(=O)O)c3)cc2)C(=O)c2c(C)ccc3ccccc23)o1. The quantitative estimate of drug-likeness (QED) is 0.167. The van der Waals surface area contributed by atoms with E-state index in [4.69, 9.17) is 9.15 Å². The van der Waals surface area contributed by atoms with Crippen LogP contribution in [-0.4, -0.2) is 34.5 Å². The highest BCUT2D eigenvalue weighted by Gasteiger charge is 2.29. The van der Waals surface area contributed by atoms with Gasteiger partial charge in [0.2, 0.25) is 5.76 Å². The predicted molar refractivity (Wildman–Crippen MR) is 169 cm³/mol. The van der Waals surface area contributed by atoms with E-state index in [1.165, 1.54) is 0 Å². The van der Waals surface area contributed by atoms with Crippen molar-refractivity contribution in [1.82, 2.24) is 4.90 Å². The van der Waals surface area contributed by atoms with Crippen LogP contribution in [0.3, 0.4) is 0 Å². The van der Waals surface area contributed by atoms with Gasteiger partial charge in [0.25, 0.3) is 5.91 Å². The zero-order valence-electron chi connectivity index (χ0n) is 25.3. The molecule has 1 heterocycles. The number of nitrogens with zero attached hydrogens (tertiary/aromatic N) is 1. The maximum absolute atomic E-state index is 14.3. The molecule has 0 aliphatic rings. The van der Waals surface area contributed by atoms with Crippen molar-refractivity contribution in [3.05, 3.63) is 131 Å². The molecule has 1 amide bonds. The third kappa shape index (κ3) is 6.27. The van der Waals surface area contributed by atoms with Crippen LogP contribution in [-0.2, 0) is 28.0 Å². The van der Waals surface area contributed by atoms with Gasteiger partial charge in [0.15, 0.2) is 0 Å². The maximum Gasteiger partial charge on any atom is 0.374 e. The van der Waals surface area contributed by atoms with Gasteiger partial charge in [0, 0.05) is 6.54 Å². The number of fused-ring (bicyclic) bond motifs is 1. The van der Waals surface area contributed by atoms with E-state index in [9.17, 15) is 19.5 Å². The van der Waals surface area contributed by atoms with Crippen LogP contribution in [0.4, 0.5) is 0 Å². The number of amides is 1. The maximum atomic E-state index is 14.3. The molecule has 0 fully saturated rings. The lowest BCUT2D eigenvalue weighted by Crippen LogP contribution is -2.30. The number of ether oxygens (including phenoxy) is 1. The fourth-order valence-corrected chi connectivity index (χ4v) is 5.22. The number of carboxylic acid groups (broad SMARTS) is 1. The van der Waals surface area contributed by atoms with Gasteiger partial charge >= 0.3 is 11.9 Å². The molecule has 0 saturated carbocycles. The molecule has 0 aliphatic heterocycles. The molecule has 7 heteroatoms. The molecule has 7 nitrogen and oxygen atoms in total. The summed E-state index contributed by atoms with van der Waals surface area (Å²) in [5.41, 5.74) is 3.93. The molecule has 1 N–H and O–H groups in total. The molecule has 0 unspecified atom stereocenters. The van der Waals surface area contributed by atoms with Gasteiger partial charge in [-0.05, 0) is 78.4 Å². The number of carboxylic acids is 1. The second-order valence-corrected chi connectivity index (χ2v) is 11.3. The van der Waals surface area contributed by atoms with E-state index in [0.29, 0.717) is 17.9 Å². The van der Waals surface area contributed by atoms with E-state index in [1.54, 1.807) is 37.8 Å². The molecule has 0 saturated heterocycles. The predicted octanol–water partition coefficient (Wildman–Crippen LogP) is 7.79. The average Bonchev–Trinajstić information content (AvgIpc) is 3.49. The van der Waals surface area contributed by atoms with E-state index in [1.807, 2.05) is 91.9 Å². The third-order valence-electron chi connectivity index (χ3n) is 7.90. The van der Waals surface area contributed by atoms with Crippen LogP contribution in [0, 0.1) is 6.92 Å². The Bertz CT molecular complexity index is 1830. The summed E-state index contributed by atoms with van der Waals surface area (Å²) < 4.78 is 10.9. The summed E-state index contributed by atoms with van der Waals surface area (Å²) in [7, 11) is 0. The Morgan fingerprint density at radius 3 is 2.32 bits per heavy atom. The van der Waals surface area contributed by atoms with Crippen molar-refractivity contribution in [2.24, 2.45) is 0 Å². The number of esters is 1. The Balaban J connectivity index is 1.46. The highest BCUT2D eigenvalue weighted by atomic mass is 16.5. The molecular weight excluding hydrogens is 554 g/mol. The summed E-state index contributed by atoms with van der Waals surface area (Å²) >= 11 is 0. The number of carbonyl (C=O) groups excluding carboxylic acids is 2. The van der Waals surface area contributed by atoms with Gasteiger partial charge in [-0.1, -0.05) is 84.9 Å². The van der Waals surface area contributed by atoms with Gasteiger partial charge in [-0.2, -0.15) is 0 Å². The minimum Gasteiger partial charge on any atom is -0.481 e. The summed E-state index contributed by atoms with van der Waals surface area (Å²) in [5, 5.41) is 11.5. The van der Waals surface area contributed by atoms with E-state index in [-0.39, 0.29) is 24.8 Å². The number of carbonyl (C=O) groups is 3. The Hall–Kier alpha value is -5.17. The lowest BCUT2D eigenvalue weighted by molar-refractivity contribution is -0.142. The minimum atomic E-state index is -1.02. The molecule has 0 atom stereocenters. The van der Waals surface area contributed by atoms with Gasteiger partial charge in [-0.15, -0.1) is 0 Å². The first kappa shape index (κ1) is 30.3. The smallest absolute Gasteiger partial charge is 0.374 e. The molecular formula is C37H35NO6. The second kappa shape index (κ2) is 12.6. The van der Waals surface area contributed by atoms with E-state index >= 15 is 0 Å². The summed E-state index contributed by atoms with van der Waals surface area (Å²) in [6, 6.07) is 30.4. The fourth-order valence-electron chi connectivity index (χ4n) is 5.22. The molecule has 0 bridgehead atoms. The van der Waals surface area contributed by atoms with Crippen molar-refractivity contribution < 1.29 is 28.6 Å². The number of aryl methyl sites for hydroxylation is 1. The largest absolute Gasteiger partial charge is 0.481 e. The summed E-state index contributed by atoms with van der Waals surface area (Å²) in [6.45, 7) is 7.71. The van der Waals surface area contributed by atoms with Crippen LogP contribution >= 0.6 is 0 Å². The first-order valence-electron chi connectivity index (χ1n) is 14.5. The Kier molecular flexibility index (Phi) is 8.67. The molecule has 0 radical (unpaired) electrons. The third-order valence-corrected chi connectivity index (χ3v) is 7.90. The van der Waals surface area contributed by atoms with Crippen LogP contribution < -0.4 is 0 Å². The average molecular weight is 590 g/mol. The van der Waals surface area contributed by atoms with Crippen LogP contribution in [0.5, 0.6) is 0 Å². The number of furan rings is 1. The molecule has 5 rings (SSSR count).